The second kappa shape index (κ2) is 7.95. The molecule has 2 atom stereocenters. The predicted molar refractivity (Wildman–Crippen MR) is 90.2 cm³/mol. The molecule has 14 heteroatoms. The van der Waals surface area contributed by atoms with Gasteiger partial charge in [-0.15, -0.1) is 0 Å². The molecule has 2 rings (SSSR count). The topological polar surface area (TPSA) is 174 Å². The van der Waals surface area contributed by atoms with Crippen molar-refractivity contribution in [1.29, 1.82) is 0 Å². The molecule has 142 valence electrons. The Balaban J connectivity index is 1.99. The number of rotatable bonds is 8. The number of nitrogen functional groups attached to an aromatic ring is 1. The normalized spacial score (nSPS) is 22.2. The van der Waals surface area contributed by atoms with Crippen molar-refractivity contribution in [3.63, 3.8) is 0 Å². The number of anilines is 2. The van der Waals surface area contributed by atoms with E-state index in [0.29, 0.717) is 19.3 Å². The van der Waals surface area contributed by atoms with Crippen molar-refractivity contribution in [1.82, 2.24) is 15.0 Å². The van der Waals surface area contributed by atoms with Crippen LogP contribution in [-0.2, 0) is 24.4 Å². The third-order valence-corrected chi connectivity index (χ3v) is 6.49. The molecule has 2 unspecified atom stereocenters. The molecule has 0 bridgehead atoms. The summed E-state index contributed by atoms with van der Waals surface area (Å²) in [5.41, 5.74) is 2.00. The second-order valence-corrected chi connectivity index (χ2v) is 9.33. The molecule has 1 aromatic rings. The van der Waals surface area contributed by atoms with Crippen molar-refractivity contribution in [2.24, 2.45) is 0 Å². The van der Waals surface area contributed by atoms with Gasteiger partial charge < -0.3 is 11.0 Å². The number of nitrogens with two attached hydrogens (primary N) is 1. The molecule has 1 aromatic heterocycles. The Bertz CT molecular complexity index is 839. The van der Waals surface area contributed by atoms with Crippen molar-refractivity contribution in [3.8, 4) is 0 Å². The minimum absolute atomic E-state index is 0.0464. The van der Waals surface area contributed by atoms with E-state index in [-0.39, 0.29) is 29.6 Å². The van der Waals surface area contributed by atoms with Crippen LogP contribution < -0.4 is 11.0 Å². The zero-order chi connectivity index (χ0) is 19.4. The van der Waals surface area contributed by atoms with Crippen molar-refractivity contribution in [2.45, 2.75) is 37.0 Å². The third kappa shape index (κ3) is 6.51. The van der Waals surface area contributed by atoms with Crippen molar-refractivity contribution >= 4 is 43.7 Å². The molecule has 0 saturated heterocycles. The summed E-state index contributed by atoms with van der Waals surface area (Å²) in [7, 11) is -8.29. The summed E-state index contributed by atoms with van der Waals surface area (Å²) >= 11 is 5.74. The van der Waals surface area contributed by atoms with Gasteiger partial charge >= 0.3 is 10.4 Å². The Morgan fingerprint density at radius 1 is 1.32 bits per heavy atom. The standard InChI is InChI=1S/C11H18ClN5O6S2/c12-9-15-10(13)17-11(16-9)14-7-2-1-3-8(6-7)24(18,19)5-4-23-25(20,21)22/h7-8H,1-6H2,(H,20,21,22)(H3,13,14,15,16,17)/i/hD. The quantitative estimate of drug-likeness (QED) is 0.488. The fraction of sp³-hybridized carbons (Fsp3) is 0.727. The van der Waals surface area contributed by atoms with E-state index in [2.05, 4.69) is 24.5 Å². The Kier molecular flexibility index (Phi) is 5.89. The van der Waals surface area contributed by atoms with Gasteiger partial charge in [0.05, 0.1) is 17.6 Å². The van der Waals surface area contributed by atoms with E-state index in [1.54, 1.807) is 0 Å². The van der Waals surface area contributed by atoms with Gasteiger partial charge in [-0.05, 0) is 30.9 Å². The number of aromatic nitrogens is 3. The van der Waals surface area contributed by atoms with E-state index in [4.69, 9.17) is 17.6 Å². The lowest BCUT2D eigenvalue weighted by atomic mass is 9.95. The molecule has 11 nitrogen and oxygen atoms in total. The minimum Gasteiger partial charge on any atom is -0.368 e. The molecule has 0 radical (unpaired) electrons. The van der Waals surface area contributed by atoms with Gasteiger partial charge in [-0.1, -0.05) is 6.42 Å². The number of hydrogen-bond donors (Lipinski definition) is 3. The molecule has 1 aliphatic carbocycles. The summed E-state index contributed by atoms with van der Waals surface area (Å²) in [5, 5.41) is 2.18. The van der Waals surface area contributed by atoms with E-state index >= 15 is 0 Å². The molecular formula is C11H18ClN5O6S2. The molecule has 1 aliphatic rings. The molecule has 1 fully saturated rings. The van der Waals surface area contributed by atoms with Crippen LogP contribution in [0, 0.1) is 0 Å². The lowest BCUT2D eigenvalue weighted by Gasteiger charge is -2.29. The number of nitrogens with zero attached hydrogens (tertiary/aromatic N) is 3. The molecule has 4 N–H and O–H groups in total. The zero-order valence-corrected chi connectivity index (χ0v) is 15.3. The first-order valence-electron chi connectivity index (χ1n) is 7.78. The highest BCUT2D eigenvalue weighted by atomic mass is 35.5. The first kappa shape index (κ1) is 18.5. The largest absolute Gasteiger partial charge is 0.397 e. The smallest absolute Gasteiger partial charge is 0.368 e. The van der Waals surface area contributed by atoms with Gasteiger partial charge in [-0.2, -0.15) is 23.4 Å². The van der Waals surface area contributed by atoms with Crippen LogP contribution in [0.1, 0.15) is 25.7 Å². The third-order valence-electron chi connectivity index (χ3n) is 3.68. The van der Waals surface area contributed by atoms with E-state index in [0.717, 1.165) is 0 Å². The SMILES string of the molecule is [2H]Nc1nc(Cl)nc(NC2CCCC(S(=O)(=O)CCOS(=O)(=O)O)C2)n1. The highest BCUT2D eigenvalue weighted by Gasteiger charge is 2.32. The van der Waals surface area contributed by atoms with E-state index in [9.17, 15) is 16.8 Å². The molecule has 0 spiro atoms. The Morgan fingerprint density at radius 2 is 2.08 bits per heavy atom. The fourth-order valence-electron chi connectivity index (χ4n) is 2.62. The van der Waals surface area contributed by atoms with Crippen LogP contribution in [0.3, 0.4) is 0 Å². The van der Waals surface area contributed by atoms with Gasteiger partial charge in [0.1, 0.15) is 0 Å². The molecule has 0 aromatic carbocycles. The van der Waals surface area contributed by atoms with Crippen LogP contribution in [0.2, 0.25) is 6.70 Å². The summed E-state index contributed by atoms with van der Waals surface area (Å²) in [5.74, 6) is -0.443. The zero-order valence-electron chi connectivity index (χ0n) is 13.9. The first-order chi connectivity index (χ1) is 12.1. The van der Waals surface area contributed by atoms with Gasteiger partial charge in [0.2, 0.25) is 17.2 Å². The average Bonchev–Trinajstić information content (AvgIpc) is 2.53. The fourth-order valence-corrected chi connectivity index (χ4v) is 4.88. The van der Waals surface area contributed by atoms with Gasteiger partial charge in [-0.3, -0.25) is 4.55 Å². The average molecular weight is 417 g/mol. The molecular weight excluding hydrogens is 398 g/mol. The molecule has 1 heterocycles. The summed E-state index contributed by atoms with van der Waals surface area (Å²) in [6, 6.07) is -0.247. The maximum Gasteiger partial charge on any atom is 0.397 e. The van der Waals surface area contributed by atoms with Gasteiger partial charge in [0.15, 0.2) is 11.2 Å². The van der Waals surface area contributed by atoms with Gasteiger partial charge in [0.25, 0.3) is 0 Å². The monoisotopic (exact) mass is 416 g/mol. The summed E-state index contributed by atoms with van der Waals surface area (Å²) in [4.78, 5) is 11.5. The number of nitrogens with one attached hydrogen (secondary N) is 1. The summed E-state index contributed by atoms with van der Waals surface area (Å²) in [6.07, 6.45) is 2.01. The van der Waals surface area contributed by atoms with Gasteiger partial charge in [0, 0.05) is 6.04 Å². The number of hydrogen-bond acceptors (Lipinski definition) is 10. The van der Waals surface area contributed by atoms with Crippen LogP contribution >= 0.6 is 11.6 Å². The van der Waals surface area contributed by atoms with E-state index < -0.39 is 37.8 Å². The highest BCUT2D eigenvalue weighted by molar-refractivity contribution is 7.92. The molecule has 0 aliphatic heterocycles. The summed E-state index contributed by atoms with van der Waals surface area (Å²) < 4.78 is 65.3. The highest BCUT2D eigenvalue weighted by Crippen LogP contribution is 2.27. The van der Waals surface area contributed by atoms with E-state index in [1.807, 2.05) is 5.73 Å². The van der Waals surface area contributed by atoms with Crippen LogP contribution in [0.25, 0.3) is 0 Å². The molecule has 0 amide bonds. The Morgan fingerprint density at radius 3 is 2.76 bits per heavy atom. The van der Waals surface area contributed by atoms with Crippen LogP contribution in [0.15, 0.2) is 0 Å². The van der Waals surface area contributed by atoms with Crippen molar-refractivity contribution in [3.05, 3.63) is 5.28 Å². The minimum atomic E-state index is -4.67. The number of sulfone groups is 1. The van der Waals surface area contributed by atoms with Crippen LogP contribution in [-0.4, -0.2) is 60.0 Å². The maximum absolute atomic E-state index is 12.3. The van der Waals surface area contributed by atoms with Crippen LogP contribution in [0.5, 0.6) is 0 Å². The van der Waals surface area contributed by atoms with E-state index in [1.165, 1.54) is 0 Å². The maximum atomic E-state index is 12.3. The Hall–Kier alpha value is -1.28. The van der Waals surface area contributed by atoms with Crippen LogP contribution in [0.4, 0.5) is 11.9 Å². The Labute approximate surface area is 151 Å². The molecule has 25 heavy (non-hydrogen) atoms. The van der Waals surface area contributed by atoms with Gasteiger partial charge in [-0.25, -0.2) is 12.6 Å². The first-order valence-corrected chi connectivity index (χ1v) is 10.7. The number of halogens is 1. The predicted octanol–water partition coefficient (Wildman–Crippen LogP) is 0.0645. The summed E-state index contributed by atoms with van der Waals surface area (Å²) in [6.45, 7) is -0.642. The van der Waals surface area contributed by atoms with Crippen molar-refractivity contribution in [2.75, 3.05) is 23.4 Å². The lowest BCUT2D eigenvalue weighted by molar-refractivity contribution is 0.283. The van der Waals surface area contributed by atoms with Crippen molar-refractivity contribution < 1.29 is 27.0 Å². The lowest BCUT2D eigenvalue weighted by Crippen LogP contribution is -2.37. The second-order valence-electron chi connectivity index (χ2n) is 5.50. The molecule has 1 saturated carbocycles.